The van der Waals surface area contributed by atoms with E-state index < -0.39 is 0 Å². The molecule has 0 radical (unpaired) electrons. The molecule has 34 heavy (non-hydrogen) atoms. The summed E-state index contributed by atoms with van der Waals surface area (Å²) < 4.78 is 1.80. The average molecular weight is 481 g/mol. The van der Waals surface area contributed by atoms with Gasteiger partial charge in [-0.2, -0.15) is 5.10 Å². The second-order valence-corrected chi connectivity index (χ2v) is 10.4. The second-order valence-electron chi connectivity index (χ2n) is 10.0. The molecule has 8 heteroatoms. The van der Waals surface area contributed by atoms with Crippen LogP contribution in [0.1, 0.15) is 77.0 Å². The highest BCUT2D eigenvalue weighted by Gasteiger charge is 2.28. The third kappa shape index (κ3) is 4.76. The van der Waals surface area contributed by atoms with Crippen LogP contribution in [0, 0.1) is 5.92 Å². The van der Waals surface area contributed by atoms with Crippen LogP contribution >= 0.6 is 11.6 Å². The van der Waals surface area contributed by atoms with E-state index in [4.69, 9.17) is 21.6 Å². The summed E-state index contributed by atoms with van der Waals surface area (Å²) in [5.41, 5.74) is 1.56. The summed E-state index contributed by atoms with van der Waals surface area (Å²) in [6.07, 6.45) is 10.3. The van der Waals surface area contributed by atoms with Crippen LogP contribution in [-0.4, -0.2) is 37.7 Å². The van der Waals surface area contributed by atoms with E-state index in [0.717, 1.165) is 66.9 Å². The molecule has 3 aromatic rings. The van der Waals surface area contributed by atoms with Gasteiger partial charge in [-0.05, 0) is 50.7 Å². The third-order valence-electron chi connectivity index (χ3n) is 7.18. The van der Waals surface area contributed by atoms with E-state index >= 15 is 0 Å². The zero-order valence-electron chi connectivity index (χ0n) is 19.9. The van der Waals surface area contributed by atoms with Crippen molar-refractivity contribution in [3.63, 3.8) is 0 Å². The molecule has 5 rings (SSSR count). The SMILES string of the molecule is CC(C)c1nc(NC2CCC(NC(=O)C3CCCC3)CC2)c2cnn(-c3ccccc3Cl)c2n1. The third-order valence-corrected chi connectivity index (χ3v) is 7.50. The molecule has 0 atom stereocenters. The Hall–Kier alpha value is -2.67. The molecule has 0 saturated heterocycles. The van der Waals surface area contributed by atoms with Crippen molar-refractivity contribution in [2.24, 2.45) is 5.92 Å². The summed E-state index contributed by atoms with van der Waals surface area (Å²) in [5, 5.41) is 13.1. The molecule has 2 heterocycles. The van der Waals surface area contributed by atoms with Gasteiger partial charge < -0.3 is 10.6 Å². The number of nitrogens with one attached hydrogen (secondary N) is 2. The molecule has 7 nitrogen and oxygen atoms in total. The molecule has 0 spiro atoms. The van der Waals surface area contributed by atoms with Crippen molar-refractivity contribution >= 4 is 34.4 Å². The van der Waals surface area contributed by atoms with E-state index in [-0.39, 0.29) is 23.8 Å². The zero-order chi connectivity index (χ0) is 23.7. The average Bonchev–Trinajstić information content (AvgIpc) is 3.51. The fraction of sp³-hybridized carbons (Fsp3) is 0.538. The van der Waals surface area contributed by atoms with Crippen molar-refractivity contribution in [1.82, 2.24) is 25.1 Å². The van der Waals surface area contributed by atoms with Crippen LogP contribution in [-0.2, 0) is 4.79 Å². The number of amides is 1. The second kappa shape index (κ2) is 9.90. The number of nitrogens with zero attached hydrogens (tertiary/aromatic N) is 4. The Kier molecular flexibility index (Phi) is 6.73. The number of carbonyl (C=O) groups excluding carboxylic acids is 1. The monoisotopic (exact) mass is 480 g/mol. The first-order valence-corrected chi connectivity index (χ1v) is 12.9. The van der Waals surface area contributed by atoms with Gasteiger partial charge in [0.1, 0.15) is 11.6 Å². The first kappa shape index (κ1) is 23.1. The van der Waals surface area contributed by atoms with Crippen LogP contribution < -0.4 is 10.6 Å². The van der Waals surface area contributed by atoms with E-state index in [1.807, 2.05) is 30.5 Å². The molecule has 180 valence electrons. The molecule has 1 aromatic carbocycles. The van der Waals surface area contributed by atoms with Crippen molar-refractivity contribution in [2.75, 3.05) is 5.32 Å². The minimum absolute atomic E-state index is 0.182. The summed E-state index contributed by atoms with van der Waals surface area (Å²) in [6.45, 7) is 4.19. The lowest BCUT2D eigenvalue weighted by Gasteiger charge is -2.31. The summed E-state index contributed by atoms with van der Waals surface area (Å²) in [6, 6.07) is 8.25. The van der Waals surface area contributed by atoms with Gasteiger partial charge in [0, 0.05) is 23.9 Å². The van der Waals surface area contributed by atoms with E-state index in [9.17, 15) is 4.79 Å². The first-order chi connectivity index (χ1) is 16.5. The van der Waals surface area contributed by atoms with Gasteiger partial charge in [0.05, 0.1) is 22.3 Å². The fourth-order valence-electron chi connectivity index (χ4n) is 5.18. The highest BCUT2D eigenvalue weighted by molar-refractivity contribution is 6.32. The first-order valence-electron chi connectivity index (χ1n) is 12.6. The van der Waals surface area contributed by atoms with Crippen LogP contribution in [0.15, 0.2) is 30.5 Å². The topological polar surface area (TPSA) is 84.7 Å². The number of halogens is 1. The molecule has 2 fully saturated rings. The van der Waals surface area contributed by atoms with Gasteiger partial charge in [-0.25, -0.2) is 14.6 Å². The standard InChI is InChI=1S/C26H33ClN6O/c1-16(2)23-31-24(20-15-28-33(25(20)32-23)22-10-6-5-9-21(22)27)29-18-11-13-19(14-12-18)30-26(34)17-7-3-4-8-17/h5-6,9-10,15-19H,3-4,7-8,11-14H2,1-2H3,(H,30,34)(H,29,31,32). The Balaban J connectivity index is 1.33. The van der Waals surface area contributed by atoms with Gasteiger partial charge in [-0.15, -0.1) is 0 Å². The largest absolute Gasteiger partial charge is 0.367 e. The Morgan fingerprint density at radius 3 is 2.44 bits per heavy atom. The lowest BCUT2D eigenvalue weighted by atomic mass is 9.90. The van der Waals surface area contributed by atoms with E-state index in [2.05, 4.69) is 29.6 Å². The molecule has 1 amide bonds. The Labute approximate surface area is 205 Å². The predicted octanol–water partition coefficient (Wildman–Crippen LogP) is 5.62. The van der Waals surface area contributed by atoms with Gasteiger partial charge in [0.25, 0.3) is 0 Å². The van der Waals surface area contributed by atoms with Crippen LogP contribution in [0.2, 0.25) is 5.02 Å². The fourth-order valence-corrected chi connectivity index (χ4v) is 5.39. The van der Waals surface area contributed by atoms with Crippen molar-refractivity contribution in [3.05, 3.63) is 41.3 Å². The summed E-state index contributed by atoms with van der Waals surface area (Å²) in [4.78, 5) is 22.2. The van der Waals surface area contributed by atoms with Gasteiger partial charge >= 0.3 is 0 Å². The highest BCUT2D eigenvalue weighted by atomic mass is 35.5. The molecule has 0 aliphatic heterocycles. The van der Waals surface area contributed by atoms with Crippen LogP contribution in [0.25, 0.3) is 16.7 Å². The quantitative estimate of drug-likeness (QED) is 0.478. The van der Waals surface area contributed by atoms with Crippen molar-refractivity contribution in [1.29, 1.82) is 0 Å². The molecule has 0 bridgehead atoms. The predicted molar refractivity (Wildman–Crippen MR) is 136 cm³/mol. The number of hydrogen-bond donors (Lipinski definition) is 2. The smallest absolute Gasteiger partial charge is 0.223 e. The van der Waals surface area contributed by atoms with Crippen molar-refractivity contribution in [2.45, 2.75) is 83.2 Å². The van der Waals surface area contributed by atoms with E-state index in [1.54, 1.807) is 4.68 Å². The number of rotatable bonds is 6. The van der Waals surface area contributed by atoms with Crippen molar-refractivity contribution in [3.8, 4) is 5.69 Å². The minimum Gasteiger partial charge on any atom is -0.367 e. The number of benzene rings is 1. The van der Waals surface area contributed by atoms with Gasteiger partial charge in [0.15, 0.2) is 5.65 Å². The zero-order valence-corrected chi connectivity index (χ0v) is 20.7. The molecule has 2 N–H and O–H groups in total. The summed E-state index contributed by atoms with van der Waals surface area (Å²) in [5.74, 6) is 2.28. The Morgan fingerprint density at radius 2 is 1.74 bits per heavy atom. The van der Waals surface area contributed by atoms with Crippen LogP contribution in [0.5, 0.6) is 0 Å². The number of carbonyl (C=O) groups is 1. The lowest BCUT2D eigenvalue weighted by molar-refractivity contribution is -0.125. The van der Waals surface area contributed by atoms with Crippen LogP contribution in [0.3, 0.4) is 0 Å². The van der Waals surface area contributed by atoms with Crippen LogP contribution in [0.4, 0.5) is 5.82 Å². The Bertz CT molecular complexity index is 1160. The molecule has 0 unspecified atom stereocenters. The normalized spacial score (nSPS) is 21.3. The number of para-hydroxylation sites is 1. The lowest BCUT2D eigenvalue weighted by Crippen LogP contribution is -2.42. The number of aromatic nitrogens is 4. The maximum absolute atomic E-state index is 12.5. The molecule has 2 aliphatic carbocycles. The van der Waals surface area contributed by atoms with Gasteiger partial charge in [-0.1, -0.05) is 50.4 Å². The number of fused-ring (bicyclic) bond motifs is 1. The number of hydrogen-bond acceptors (Lipinski definition) is 5. The molecule has 2 saturated carbocycles. The molecule has 2 aromatic heterocycles. The summed E-state index contributed by atoms with van der Waals surface area (Å²) in [7, 11) is 0. The summed E-state index contributed by atoms with van der Waals surface area (Å²) >= 11 is 6.46. The van der Waals surface area contributed by atoms with E-state index in [1.165, 1.54) is 12.8 Å². The Morgan fingerprint density at radius 1 is 1.03 bits per heavy atom. The minimum atomic E-state index is 0.182. The van der Waals surface area contributed by atoms with Crippen molar-refractivity contribution < 1.29 is 4.79 Å². The number of anilines is 1. The van der Waals surface area contributed by atoms with E-state index in [0.29, 0.717) is 11.1 Å². The van der Waals surface area contributed by atoms with Gasteiger partial charge in [-0.3, -0.25) is 4.79 Å². The molecular formula is C26H33ClN6O. The maximum atomic E-state index is 12.5. The van der Waals surface area contributed by atoms with Gasteiger partial charge in [0.2, 0.25) is 5.91 Å². The molecular weight excluding hydrogens is 448 g/mol. The highest BCUT2D eigenvalue weighted by Crippen LogP contribution is 2.31. The maximum Gasteiger partial charge on any atom is 0.223 e. The molecule has 2 aliphatic rings.